The number of nitrogens with two attached hydrogens (primary N) is 1. The molecule has 0 atom stereocenters. The molecule has 4 N–H and O–H groups in total. The van der Waals surface area contributed by atoms with E-state index in [0.29, 0.717) is 45.0 Å². The lowest BCUT2D eigenvalue weighted by Crippen LogP contribution is -2.42. The molecule has 1 aliphatic rings. The van der Waals surface area contributed by atoms with E-state index in [1.807, 2.05) is 12.1 Å². The summed E-state index contributed by atoms with van der Waals surface area (Å²) >= 11 is 7.09. The molecule has 2 aromatic carbocycles. The largest absolute Gasteiger partial charge is 0.397 e. The minimum Gasteiger partial charge on any atom is -0.397 e. The first-order chi connectivity index (χ1) is 15.9. The molecule has 0 aliphatic carbocycles. The van der Waals surface area contributed by atoms with E-state index in [4.69, 9.17) is 22.1 Å². The van der Waals surface area contributed by atoms with Crippen LogP contribution in [0.2, 0.25) is 4.34 Å². The molecule has 1 aromatic heterocycles. The first-order valence-corrected chi connectivity index (χ1v) is 11.3. The SMILES string of the molecule is Nc1cc(C(=O)Nc2ccccc2CNC(=O)c2ccc(Cl)s2)ccc1N1CCOCC1=O. The summed E-state index contributed by atoms with van der Waals surface area (Å²) in [6, 6.07) is 15.3. The Labute approximate surface area is 199 Å². The summed E-state index contributed by atoms with van der Waals surface area (Å²) in [6.07, 6.45) is 0. The van der Waals surface area contributed by atoms with Gasteiger partial charge < -0.3 is 26.0 Å². The van der Waals surface area contributed by atoms with Gasteiger partial charge in [0.25, 0.3) is 17.7 Å². The minimum absolute atomic E-state index is 0.00846. The summed E-state index contributed by atoms with van der Waals surface area (Å²) < 4.78 is 5.68. The number of nitrogen functional groups attached to an aromatic ring is 1. The summed E-state index contributed by atoms with van der Waals surface area (Å²) in [6.45, 7) is 1.07. The zero-order valence-corrected chi connectivity index (χ0v) is 19.0. The van der Waals surface area contributed by atoms with Gasteiger partial charge in [0.15, 0.2) is 0 Å². The zero-order valence-electron chi connectivity index (χ0n) is 17.5. The van der Waals surface area contributed by atoms with Crippen molar-refractivity contribution in [1.82, 2.24) is 5.32 Å². The van der Waals surface area contributed by atoms with E-state index in [9.17, 15) is 14.4 Å². The molecule has 8 nitrogen and oxygen atoms in total. The molecule has 2 heterocycles. The highest BCUT2D eigenvalue weighted by Crippen LogP contribution is 2.27. The summed E-state index contributed by atoms with van der Waals surface area (Å²) in [5, 5.41) is 5.70. The Kier molecular flexibility index (Phi) is 6.93. The van der Waals surface area contributed by atoms with Gasteiger partial charge in [0.1, 0.15) is 6.61 Å². The number of nitrogens with one attached hydrogen (secondary N) is 2. The fraction of sp³-hybridized carbons (Fsp3) is 0.174. The molecule has 0 unspecified atom stereocenters. The molecule has 3 amide bonds. The fourth-order valence-corrected chi connectivity index (χ4v) is 4.36. The fourth-order valence-electron chi connectivity index (χ4n) is 3.40. The van der Waals surface area contributed by atoms with Gasteiger partial charge in [-0.2, -0.15) is 0 Å². The first kappa shape index (κ1) is 22.8. The second-order valence-corrected chi connectivity index (χ2v) is 8.98. The van der Waals surface area contributed by atoms with Crippen LogP contribution < -0.4 is 21.3 Å². The number of benzene rings is 2. The quantitative estimate of drug-likeness (QED) is 0.463. The van der Waals surface area contributed by atoms with Gasteiger partial charge in [-0.1, -0.05) is 29.8 Å². The molecule has 4 rings (SSSR count). The van der Waals surface area contributed by atoms with Crippen LogP contribution in [0.5, 0.6) is 0 Å². The van der Waals surface area contributed by atoms with Crippen LogP contribution in [0.4, 0.5) is 17.1 Å². The number of anilines is 3. The van der Waals surface area contributed by atoms with Crippen LogP contribution in [0.3, 0.4) is 0 Å². The van der Waals surface area contributed by atoms with Crippen molar-refractivity contribution in [3.05, 3.63) is 74.9 Å². The maximum atomic E-state index is 12.9. The number of hydrogen-bond acceptors (Lipinski definition) is 6. The average molecular weight is 485 g/mol. The second-order valence-electron chi connectivity index (χ2n) is 7.27. The van der Waals surface area contributed by atoms with E-state index in [1.54, 1.807) is 47.4 Å². The number of rotatable bonds is 6. The van der Waals surface area contributed by atoms with Gasteiger partial charge in [-0.15, -0.1) is 11.3 Å². The summed E-state index contributed by atoms with van der Waals surface area (Å²) in [4.78, 5) is 39.3. The number of carbonyl (C=O) groups is 3. The predicted octanol–water partition coefficient (Wildman–Crippen LogP) is 3.53. The Morgan fingerprint density at radius 2 is 1.94 bits per heavy atom. The summed E-state index contributed by atoms with van der Waals surface area (Å²) in [5.74, 6) is -0.773. The summed E-state index contributed by atoms with van der Waals surface area (Å²) in [7, 11) is 0. The molecule has 170 valence electrons. The van der Waals surface area contributed by atoms with Crippen LogP contribution >= 0.6 is 22.9 Å². The molecular weight excluding hydrogens is 464 g/mol. The molecule has 0 saturated carbocycles. The van der Waals surface area contributed by atoms with E-state index < -0.39 is 0 Å². The molecule has 1 aliphatic heterocycles. The Morgan fingerprint density at radius 1 is 1.12 bits per heavy atom. The maximum absolute atomic E-state index is 12.9. The van der Waals surface area contributed by atoms with Crippen molar-refractivity contribution in [2.24, 2.45) is 0 Å². The standard InChI is InChI=1S/C23H21ClN4O4S/c24-20-8-7-19(33-20)23(31)26-12-15-3-1-2-4-17(15)27-22(30)14-5-6-18(16(25)11-14)28-9-10-32-13-21(28)29/h1-8,11H,9-10,12-13,25H2,(H,26,31)(H,27,30). The van der Waals surface area contributed by atoms with Crippen molar-refractivity contribution in [3.8, 4) is 0 Å². The molecule has 0 radical (unpaired) electrons. The van der Waals surface area contributed by atoms with Crippen molar-refractivity contribution >= 4 is 57.7 Å². The second kappa shape index (κ2) is 10.0. The normalized spacial score (nSPS) is 13.6. The first-order valence-electron chi connectivity index (χ1n) is 10.1. The van der Waals surface area contributed by atoms with Gasteiger partial charge in [-0.05, 0) is 42.0 Å². The highest BCUT2D eigenvalue weighted by Gasteiger charge is 2.22. The number of amides is 3. The Balaban J connectivity index is 1.45. The molecule has 1 saturated heterocycles. The number of carbonyl (C=O) groups excluding carboxylic acids is 3. The summed E-state index contributed by atoms with van der Waals surface area (Å²) in [5.41, 5.74) is 8.68. The van der Waals surface area contributed by atoms with Gasteiger partial charge in [0, 0.05) is 24.3 Å². The van der Waals surface area contributed by atoms with Crippen LogP contribution in [0.1, 0.15) is 25.6 Å². The van der Waals surface area contributed by atoms with E-state index in [2.05, 4.69) is 10.6 Å². The molecule has 10 heteroatoms. The van der Waals surface area contributed by atoms with Gasteiger partial charge in [-0.25, -0.2) is 0 Å². The topological polar surface area (TPSA) is 114 Å². The molecule has 33 heavy (non-hydrogen) atoms. The van der Waals surface area contributed by atoms with E-state index >= 15 is 0 Å². The number of thiophene rings is 1. The number of hydrogen-bond donors (Lipinski definition) is 3. The van der Waals surface area contributed by atoms with Crippen molar-refractivity contribution in [2.75, 3.05) is 35.7 Å². The van der Waals surface area contributed by atoms with Crippen molar-refractivity contribution in [2.45, 2.75) is 6.54 Å². The molecule has 0 bridgehead atoms. The van der Waals surface area contributed by atoms with E-state index in [1.165, 1.54) is 11.3 Å². The Hall–Kier alpha value is -3.40. The van der Waals surface area contributed by atoms with Gasteiger partial charge in [0.05, 0.1) is 27.2 Å². The minimum atomic E-state index is -0.356. The van der Waals surface area contributed by atoms with Crippen LogP contribution in [0, 0.1) is 0 Å². The number of morpholine rings is 1. The number of para-hydroxylation sites is 1. The Bertz CT molecular complexity index is 1210. The average Bonchev–Trinajstić information content (AvgIpc) is 3.25. The van der Waals surface area contributed by atoms with Crippen molar-refractivity contribution in [3.63, 3.8) is 0 Å². The molecule has 3 aromatic rings. The van der Waals surface area contributed by atoms with Gasteiger partial charge in [0.2, 0.25) is 0 Å². The third kappa shape index (κ3) is 5.33. The zero-order chi connectivity index (χ0) is 23.4. The van der Waals surface area contributed by atoms with Gasteiger partial charge in [-0.3, -0.25) is 14.4 Å². The van der Waals surface area contributed by atoms with E-state index in [-0.39, 0.29) is 30.9 Å². The van der Waals surface area contributed by atoms with Crippen LogP contribution in [0.25, 0.3) is 0 Å². The van der Waals surface area contributed by atoms with Crippen LogP contribution in [0.15, 0.2) is 54.6 Å². The van der Waals surface area contributed by atoms with Gasteiger partial charge >= 0.3 is 0 Å². The lowest BCUT2D eigenvalue weighted by molar-refractivity contribution is -0.125. The molecular formula is C23H21ClN4O4S. The van der Waals surface area contributed by atoms with Crippen LogP contribution in [-0.2, 0) is 16.1 Å². The Morgan fingerprint density at radius 3 is 2.67 bits per heavy atom. The third-order valence-electron chi connectivity index (χ3n) is 5.07. The monoisotopic (exact) mass is 484 g/mol. The lowest BCUT2D eigenvalue weighted by Gasteiger charge is -2.28. The molecule has 1 fully saturated rings. The lowest BCUT2D eigenvalue weighted by atomic mass is 10.1. The van der Waals surface area contributed by atoms with Crippen LogP contribution in [-0.4, -0.2) is 37.5 Å². The van der Waals surface area contributed by atoms with E-state index in [0.717, 1.165) is 5.56 Å². The van der Waals surface area contributed by atoms with Crippen molar-refractivity contribution < 1.29 is 19.1 Å². The number of ether oxygens (including phenoxy) is 1. The predicted molar refractivity (Wildman–Crippen MR) is 129 cm³/mol. The number of nitrogens with zero attached hydrogens (tertiary/aromatic N) is 1. The maximum Gasteiger partial charge on any atom is 0.261 e. The highest BCUT2D eigenvalue weighted by atomic mass is 35.5. The third-order valence-corrected chi connectivity index (χ3v) is 6.30. The molecule has 0 spiro atoms. The highest BCUT2D eigenvalue weighted by molar-refractivity contribution is 7.18. The number of halogens is 1. The smallest absolute Gasteiger partial charge is 0.261 e. The van der Waals surface area contributed by atoms with Crippen molar-refractivity contribution in [1.29, 1.82) is 0 Å².